The molecule has 1 aliphatic rings. The lowest BCUT2D eigenvalue weighted by Crippen LogP contribution is -2.28. The largest absolute Gasteiger partial charge is 0.433 e. The van der Waals surface area contributed by atoms with Gasteiger partial charge in [0.1, 0.15) is 5.69 Å². The number of aromatic nitrogens is 3. The molecule has 0 atom stereocenters. The first-order valence-electron chi connectivity index (χ1n) is 6.17. The normalized spacial score (nSPS) is 18.1. The van der Waals surface area contributed by atoms with Crippen molar-refractivity contribution in [1.82, 2.24) is 19.7 Å². The number of piperidine rings is 1. The lowest BCUT2D eigenvalue weighted by Gasteiger charge is -2.24. The van der Waals surface area contributed by atoms with E-state index in [0.717, 1.165) is 32.0 Å². The van der Waals surface area contributed by atoms with Crippen LogP contribution >= 0.6 is 0 Å². The van der Waals surface area contributed by atoms with Crippen LogP contribution in [0.3, 0.4) is 0 Å². The van der Waals surface area contributed by atoms with E-state index in [4.69, 9.17) is 0 Å². The van der Waals surface area contributed by atoms with Gasteiger partial charge < -0.3 is 5.32 Å². The number of nitrogens with zero attached hydrogens (tertiary/aromatic N) is 3. The Hall–Kier alpha value is -1.63. The lowest BCUT2D eigenvalue weighted by atomic mass is 9.94. The van der Waals surface area contributed by atoms with Gasteiger partial charge in [-0.3, -0.25) is 4.40 Å². The van der Waals surface area contributed by atoms with Gasteiger partial charge in [-0.2, -0.15) is 13.2 Å². The van der Waals surface area contributed by atoms with Gasteiger partial charge in [-0.1, -0.05) is 0 Å². The first-order chi connectivity index (χ1) is 9.05. The Morgan fingerprint density at radius 2 is 2.00 bits per heavy atom. The minimum Gasteiger partial charge on any atom is -0.317 e. The predicted octanol–water partition coefficient (Wildman–Crippen LogP) is 2.22. The molecule has 0 aliphatic carbocycles. The highest BCUT2D eigenvalue weighted by molar-refractivity contribution is 5.35. The Morgan fingerprint density at radius 1 is 1.26 bits per heavy atom. The molecule has 1 fully saturated rings. The van der Waals surface area contributed by atoms with Gasteiger partial charge in [-0.05, 0) is 32.0 Å². The molecule has 2 aromatic rings. The fourth-order valence-corrected chi connectivity index (χ4v) is 2.51. The van der Waals surface area contributed by atoms with Gasteiger partial charge in [0.25, 0.3) is 0 Å². The van der Waals surface area contributed by atoms with E-state index in [0.29, 0.717) is 5.69 Å². The van der Waals surface area contributed by atoms with E-state index < -0.39 is 11.9 Å². The van der Waals surface area contributed by atoms with Crippen molar-refractivity contribution < 1.29 is 13.2 Å². The number of fused-ring (bicyclic) bond motifs is 1. The van der Waals surface area contributed by atoms with Crippen LogP contribution in [-0.2, 0) is 6.18 Å². The first-order valence-corrected chi connectivity index (χ1v) is 6.17. The van der Waals surface area contributed by atoms with Crippen molar-refractivity contribution in [2.45, 2.75) is 24.9 Å². The van der Waals surface area contributed by atoms with E-state index in [9.17, 15) is 13.2 Å². The molecule has 2 aromatic heterocycles. The standard InChI is InChI=1S/C12H13F3N4/c13-12(14,15)10-7-9(8-1-3-16-4-2-8)19-6-5-17-11(19)18-10/h5-8,16H,1-4H2. The van der Waals surface area contributed by atoms with Gasteiger partial charge in [0.15, 0.2) is 0 Å². The minimum absolute atomic E-state index is 0.113. The van der Waals surface area contributed by atoms with E-state index >= 15 is 0 Å². The third-order valence-electron chi connectivity index (χ3n) is 3.45. The van der Waals surface area contributed by atoms with E-state index in [2.05, 4.69) is 15.3 Å². The van der Waals surface area contributed by atoms with Crippen molar-refractivity contribution in [1.29, 1.82) is 0 Å². The topological polar surface area (TPSA) is 42.2 Å². The van der Waals surface area contributed by atoms with Gasteiger partial charge in [0, 0.05) is 24.0 Å². The zero-order valence-corrected chi connectivity index (χ0v) is 10.1. The molecule has 0 aromatic carbocycles. The van der Waals surface area contributed by atoms with Crippen molar-refractivity contribution in [3.8, 4) is 0 Å². The summed E-state index contributed by atoms with van der Waals surface area (Å²) in [5.41, 5.74) is -0.212. The predicted molar refractivity (Wildman–Crippen MR) is 62.8 cm³/mol. The third kappa shape index (κ3) is 2.30. The number of nitrogens with one attached hydrogen (secondary N) is 1. The second-order valence-corrected chi connectivity index (χ2v) is 4.69. The highest BCUT2D eigenvalue weighted by Gasteiger charge is 2.34. The van der Waals surface area contributed by atoms with Crippen LogP contribution in [-0.4, -0.2) is 27.5 Å². The van der Waals surface area contributed by atoms with Crippen molar-refractivity contribution >= 4 is 5.78 Å². The summed E-state index contributed by atoms with van der Waals surface area (Å²) in [4.78, 5) is 7.46. The highest BCUT2D eigenvalue weighted by Crippen LogP contribution is 2.32. The van der Waals surface area contributed by atoms with Gasteiger partial charge in [0.05, 0.1) is 0 Å². The number of halogens is 3. The van der Waals surface area contributed by atoms with Gasteiger partial charge in [-0.25, -0.2) is 9.97 Å². The van der Waals surface area contributed by atoms with Crippen molar-refractivity contribution in [2.75, 3.05) is 13.1 Å². The van der Waals surface area contributed by atoms with Crippen LogP contribution in [0.15, 0.2) is 18.5 Å². The molecule has 0 spiro atoms. The molecule has 0 amide bonds. The molecule has 19 heavy (non-hydrogen) atoms. The Bertz CT molecular complexity index is 584. The molecule has 0 unspecified atom stereocenters. The molecular weight excluding hydrogens is 257 g/mol. The van der Waals surface area contributed by atoms with Gasteiger partial charge in [0.2, 0.25) is 5.78 Å². The van der Waals surface area contributed by atoms with Crippen LogP contribution in [0.5, 0.6) is 0 Å². The monoisotopic (exact) mass is 270 g/mol. The number of imidazole rings is 1. The number of alkyl halides is 3. The summed E-state index contributed by atoms with van der Waals surface area (Å²) in [6.45, 7) is 1.65. The Morgan fingerprint density at radius 3 is 2.68 bits per heavy atom. The van der Waals surface area contributed by atoms with Gasteiger partial charge in [-0.15, -0.1) is 0 Å². The summed E-state index contributed by atoms with van der Waals surface area (Å²) >= 11 is 0. The molecule has 3 heterocycles. The zero-order chi connectivity index (χ0) is 13.5. The van der Waals surface area contributed by atoms with Crippen LogP contribution in [0.2, 0.25) is 0 Å². The summed E-state index contributed by atoms with van der Waals surface area (Å²) in [6.07, 6.45) is 0.367. The maximum atomic E-state index is 12.9. The molecular formula is C12H13F3N4. The van der Waals surface area contributed by atoms with Crippen molar-refractivity contribution in [2.24, 2.45) is 0 Å². The summed E-state index contributed by atoms with van der Waals surface area (Å²) in [5, 5.41) is 3.21. The van der Waals surface area contributed by atoms with E-state index in [1.54, 1.807) is 10.6 Å². The van der Waals surface area contributed by atoms with Crippen LogP contribution in [0.4, 0.5) is 13.2 Å². The van der Waals surface area contributed by atoms with Crippen LogP contribution in [0.25, 0.3) is 5.78 Å². The Kier molecular flexibility index (Phi) is 2.93. The zero-order valence-electron chi connectivity index (χ0n) is 10.1. The van der Waals surface area contributed by atoms with Crippen LogP contribution < -0.4 is 5.32 Å². The molecule has 7 heteroatoms. The second kappa shape index (κ2) is 4.48. The van der Waals surface area contributed by atoms with E-state index in [1.807, 2.05) is 0 Å². The number of hydrogen-bond donors (Lipinski definition) is 1. The summed E-state index contributed by atoms with van der Waals surface area (Å²) in [7, 11) is 0. The van der Waals surface area contributed by atoms with Crippen LogP contribution in [0.1, 0.15) is 30.1 Å². The Labute approximate surface area is 107 Å². The quantitative estimate of drug-likeness (QED) is 0.864. The molecule has 1 N–H and O–H groups in total. The maximum Gasteiger partial charge on any atom is 0.433 e. The Balaban J connectivity index is 2.12. The number of hydrogen-bond acceptors (Lipinski definition) is 3. The smallest absolute Gasteiger partial charge is 0.317 e. The van der Waals surface area contributed by atoms with Crippen molar-refractivity contribution in [3.05, 3.63) is 29.8 Å². The molecule has 4 nitrogen and oxygen atoms in total. The fourth-order valence-electron chi connectivity index (χ4n) is 2.51. The second-order valence-electron chi connectivity index (χ2n) is 4.69. The molecule has 0 saturated carbocycles. The highest BCUT2D eigenvalue weighted by atomic mass is 19.4. The third-order valence-corrected chi connectivity index (χ3v) is 3.45. The molecule has 0 radical (unpaired) electrons. The first kappa shape index (κ1) is 12.4. The lowest BCUT2D eigenvalue weighted by molar-refractivity contribution is -0.141. The van der Waals surface area contributed by atoms with E-state index in [-0.39, 0.29) is 11.7 Å². The molecule has 3 rings (SSSR count). The number of rotatable bonds is 1. The fraction of sp³-hybridized carbons (Fsp3) is 0.500. The average Bonchev–Trinajstić information content (AvgIpc) is 2.85. The molecule has 1 saturated heterocycles. The van der Waals surface area contributed by atoms with Gasteiger partial charge >= 0.3 is 6.18 Å². The summed E-state index contributed by atoms with van der Waals surface area (Å²) in [6, 6.07) is 1.16. The molecule has 1 aliphatic heterocycles. The summed E-state index contributed by atoms with van der Waals surface area (Å²) < 4.78 is 40.2. The SMILES string of the molecule is FC(F)(F)c1cc(C2CCNCC2)n2ccnc2n1. The molecule has 102 valence electrons. The average molecular weight is 270 g/mol. The minimum atomic E-state index is -4.44. The maximum absolute atomic E-state index is 12.9. The van der Waals surface area contributed by atoms with E-state index in [1.165, 1.54) is 6.20 Å². The van der Waals surface area contributed by atoms with Crippen molar-refractivity contribution in [3.63, 3.8) is 0 Å². The van der Waals surface area contributed by atoms with Crippen LogP contribution in [0, 0.1) is 0 Å². The molecule has 0 bridgehead atoms. The summed E-state index contributed by atoms with van der Waals surface area (Å²) in [5.74, 6) is 0.227.